The number of nitrogens with zero attached hydrogens (tertiary/aromatic N) is 1. The van der Waals surface area contributed by atoms with Crippen molar-refractivity contribution < 1.29 is 4.79 Å². The lowest BCUT2D eigenvalue weighted by Crippen LogP contribution is -2.32. The van der Waals surface area contributed by atoms with Crippen molar-refractivity contribution in [2.24, 2.45) is 0 Å². The molecule has 2 rings (SSSR count). The first kappa shape index (κ1) is 9.77. The van der Waals surface area contributed by atoms with Crippen LogP contribution in [0.3, 0.4) is 0 Å². The molecule has 14 heavy (non-hydrogen) atoms. The fourth-order valence-electron chi connectivity index (χ4n) is 1.60. The summed E-state index contributed by atoms with van der Waals surface area (Å²) in [6, 6.07) is 2.31. The van der Waals surface area contributed by atoms with Crippen LogP contribution in [-0.4, -0.2) is 28.4 Å². The van der Waals surface area contributed by atoms with E-state index in [2.05, 4.69) is 20.9 Å². The minimum atomic E-state index is 0.112. The van der Waals surface area contributed by atoms with Crippen molar-refractivity contribution in [2.45, 2.75) is 25.8 Å². The summed E-state index contributed by atoms with van der Waals surface area (Å²) in [6.07, 6.45) is 4.09. The van der Waals surface area contributed by atoms with Gasteiger partial charge in [-0.1, -0.05) is 0 Å². The van der Waals surface area contributed by atoms with Crippen molar-refractivity contribution >= 4 is 21.8 Å². The van der Waals surface area contributed by atoms with E-state index < -0.39 is 0 Å². The lowest BCUT2D eigenvalue weighted by atomic mass is 10.3. The largest absolute Gasteiger partial charge is 0.356 e. The normalized spacial score (nSPS) is 15.6. The second-order valence-corrected chi connectivity index (χ2v) is 4.47. The van der Waals surface area contributed by atoms with Crippen LogP contribution in [0.5, 0.6) is 0 Å². The third kappa shape index (κ3) is 1.85. The maximum absolute atomic E-state index is 11.9. The third-order valence-electron chi connectivity index (χ3n) is 2.47. The van der Waals surface area contributed by atoms with Gasteiger partial charge in [-0.2, -0.15) is 0 Å². The average molecular weight is 257 g/mol. The van der Waals surface area contributed by atoms with Crippen molar-refractivity contribution in [3.05, 3.63) is 22.4 Å². The molecule has 0 spiro atoms. The zero-order chi connectivity index (χ0) is 10.1. The van der Waals surface area contributed by atoms with Crippen LogP contribution in [0, 0.1) is 0 Å². The van der Waals surface area contributed by atoms with E-state index in [-0.39, 0.29) is 5.91 Å². The summed E-state index contributed by atoms with van der Waals surface area (Å²) in [7, 11) is 0. The summed E-state index contributed by atoms with van der Waals surface area (Å²) in [6.45, 7) is 2.81. The number of aromatic nitrogens is 1. The number of hydrogen-bond acceptors (Lipinski definition) is 1. The number of hydrogen-bond donors (Lipinski definition) is 1. The van der Waals surface area contributed by atoms with Crippen molar-refractivity contribution in [2.75, 3.05) is 6.54 Å². The van der Waals surface area contributed by atoms with Gasteiger partial charge in [0.05, 0.1) is 0 Å². The van der Waals surface area contributed by atoms with Gasteiger partial charge in [0.25, 0.3) is 5.91 Å². The average Bonchev–Trinajstić information content (AvgIpc) is 2.90. The smallest absolute Gasteiger partial charge is 0.270 e. The molecule has 0 aromatic carbocycles. The van der Waals surface area contributed by atoms with Crippen LogP contribution in [0.25, 0.3) is 0 Å². The number of rotatable bonds is 3. The molecule has 1 aromatic rings. The maximum atomic E-state index is 11.9. The van der Waals surface area contributed by atoms with E-state index in [0.717, 1.165) is 23.9 Å². The Labute approximate surface area is 91.6 Å². The highest BCUT2D eigenvalue weighted by molar-refractivity contribution is 9.10. The SMILES string of the molecule is CCN(C(=O)c1cc(Br)c[nH]1)C1CC1. The van der Waals surface area contributed by atoms with Gasteiger partial charge in [-0.3, -0.25) is 4.79 Å². The molecular weight excluding hydrogens is 244 g/mol. The van der Waals surface area contributed by atoms with Gasteiger partial charge in [0.2, 0.25) is 0 Å². The quantitative estimate of drug-likeness (QED) is 0.886. The van der Waals surface area contributed by atoms with Crippen LogP contribution < -0.4 is 0 Å². The molecule has 1 amide bonds. The summed E-state index contributed by atoms with van der Waals surface area (Å²) in [5.41, 5.74) is 0.672. The molecule has 1 N–H and O–H groups in total. The molecule has 4 heteroatoms. The summed E-state index contributed by atoms with van der Waals surface area (Å²) in [4.78, 5) is 16.8. The monoisotopic (exact) mass is 256 g/mol. The molecule has 0 aliphatic heterocycles. The molecule has 1 aliphatic carbocycles. The number of nitrogens with one attached hydrogen (secondary N) is 1. The minimum absolute atomic E-state index is 0.112. The Balaban J connectivity index is 2.13. The predicted molar refractivity (Wildman–Crippen MR) is 58.2 cm³/mol. The van der Waals surface area contributed by atoms with Crippen molar-refractivity contribution in [1.29, 1.82) is 0 Å². The summed E-state index contributed by atoms with van der Waals surface area (Å²) in [5.74, 6) is 0.112. The van der Waals surface area contributed by atoms with Crippen LogP contribution in [-0.2, 0) is 0 Å². The Bertz CT molecular complexity index is 344. The van der Waals surface area contributed by atoms with Gasteiger partial charge in [0.1, 0.15) is 5.69 Å². The molecule has 1 aliphatic rings. The van der Waals surface area contributed by atoms with Gasteiger partial charge in [0, 0.05) is 23.3 Å². The highest BCUT2D eigenvalue weighted by atomic mass is 79.9. The van der Waals surface area contributed by atoms with Gasteiger partial charge < -0.3 is 9.88 Å². The van der Waals surface area contributed by atoms with Gasteiger partial charge in [-0.15, -0.1) is 0 Å². The fraction of sp³-hybridized carbons (Fsp3) is 0.500. The second-order valence-electron chi connectivity index (χ2n) is 3.55. The third-order valence-corrected chi connectivity index (χ3v) is 2.93. The number of carbonyl (C=O) groups is 1. The highest BCUT2D eigenvalue weighted by Gasteiger charge is 2.32. The van der Waals surface area contributed by atoms with Gasteiger partial charge in [-0.05, 0) is 41.8 Å². The number of H-pyrrole nitrogens is 1. The van der Waals surface area contributed by atoms with E-state index >= 15 is 0 Å². The van der Waals surface area contributed by atoms with E-state index in [1.165, 1.54) is 0 Å². The zero-order valence-corrected chi connectivity index (χ0v) is 9.67. The van der Waals surface area contributed by atoms with Gasteiger partial charge >= 0.3 is 0 Å². The minimum Gasteiger partial charge on any atom is -0.356 e. The van der Waals surface area contributed by atoms with E-state index in [9.17, 15) is 4.79 Å². The van der Waals surface area contributed by atoms with Gasteiger partial charge in [-0.25, -0.2) is 0 Å². The zero-order valence-electron chi connectivity index (χ0n) is 8.09. The lowest BCUT2D eigenvalue weighted by molar-refractivity contribution is 0.0747. The van der Waals surface area contributed by atoms with E-state index in [1.54, 1.807) is 6.20 Å². The van der Waals surface area contributed by atoms with Crippen LogP contribution in [0.15, 0.2) is 16.7 Å². The molecule has 1 fully saturated rings. The molecule has 1 aromatic heterocycles. The Morgan fingerprint density at radius 1 is 1.71 bits per heavy atom. The number of carbonyl (C=O) groups excluding carboxylic acids is 1. The molecule has 1 heterocycles. The van der Waals surface area contributed by atoms with Crippen LogP contribution in [0.4, 0.5) is 0 Å². The first-order chi connectivity index (χ1) is 6.72. The van der Waals surface area contributed by atoms with Crippen LogP contribution in [0.2, 0.25) is 0 Å². The summed E-state index contributed by atoms with van der Waals surface area (Å²) < 4.78 is 0.924. The summed E-state index contributed by atoms with van der Waals surface area (Å²) in [5, 5.41) is 0. The number of halogens is 1. The van der Waals surface area contributed by atoms with E-state index in [0.29, 0.717) is 11.7 Å². The number of aromatic amines is 1. The van der Waals surface area contributed by atoms with Crippen molar-refractivity contribution in [3.8, 4) is 0 Å². The molecule has 0 bridgehead atoms. The summed E-state index contributed by atoms with van der Waals surface area (Å²) >= 11 is 3.32. The molecule has 0 unspecified atom stereocenters. The van der Waals surface area contributed by atoms with Crippen LogP contribution >= 0.6 is 15.9 Å². The first-order valence-corrected chi connectivity index (χ1v) is 5.66. The van der Waals surface area contributed by atoms with Crippen LogP contribution in [0.1, 0.15) is 30.3 Å². The number of amides is 1. The Morgan fingerprint density at radius 2 is 2.43 bits per heavy atom. The molecule has 3 nitrogen and oxygen atoms in total. The highest BCUT2D eigenvalue weighted by Crippen LogP contribution is 2.28. The topological polar surface area (TPSA) is 36.1 Å². The maximum Gasteiger partial charge on any atom is 0.270 e. The second kappa shape index (κ2) is 3.77. The van der Waals surface area contributed by atoms with E-state index in [4.69, 9.17) is 0 Å². The molecular formula is C10H13BrN2O. The van der Waals surface area contributed by atoms with Crippen molar-refractivity contribution in [3.63, 3.8) is 0 Å². The Morgan fingerprint density at radius 3 is 2.86 bits per heavy atom. The Kier molecular flexibility index (Phi) is 2.63. The predicted octanol–water partition coefficient (Wildman–Crippen LogP) is 2.40. The standard InChI is InChI=1S/C10H13BrN2O/c1-2-13(8-3-4-8)10(14)9-5-7(11)6-12-9/h5-6,8,12H,2-4H2,1H3. The molecule has 0 saturated heterocycles. The Hall–Kier alpha value is -0.770. The molecule has 1 saturated carbocycles. The lowest BCUT2D eigenvalue weighted by Gasteiger charge is -2.19. The van der Waals surface area contributed by atoms with Crippen molar-refractivity contribution in [1.82, 2.24) is 9.88 Å². The first-order valence-electron chi connectivity index (χ1n) is 4.87. The van der Waals surface area contributed by atoms with Gasteiger partial charge in [0.15, 0.2) is 0 Å². The molecule has 0 atom stereocenters. The molecule has 0 radical (unpaired) electrons. The van der Waals surface area contributed by atoms with E-state index in [1.807, 2.05) is 17.9 Å². The fourth-order valence-corrected chi connectivity index (χ4v) is 1.94. The molecule has 76 valence electrons.